The summed E-state index contributed by atoms with van der Waals surface area (Å²) in [6.07, 6.45) is -1.31. The Morgan fingerprint density at radius 3 is 2.54 bits per heavy atom. The molecule has 2 rings (SSSR count). The topological polar surface area (TPSA) is 97.1 Å². The summed E-state index contributed by atoms with van der Waals surface area (Å²) in [7, 11) is 0. The Morgan fingerprint density at radius 2 is 1.96 bits per heavy atom. The summed E-state index contributed by atoms with van der Waals surface area (Å²) in [4.78, 5) is 26.7. The van der Waals surface area contributed by atoms with Crippen molar-refractivity contribution in [2.75, 3.05) is 5.32 Å². The molecule has 0 fully saturated rings. The highest BCUT2D eigenvalue weighted by molar-refractivity contribution is 6.03. The molecule has 0 aromatic carbocycles. The summed E-state index contributed by atoms with van der Waals surface area (Å²) in [6.45, 7) is 2.77. The average Bonchev–Trinajstić information content (AvgIpc) is 2.95. The van der Waals surface area contributed by atoms with Crippen molar-refractivity contribution in [2.24, 2.45) is 0 Å². The molecule has 0 atom stereocenters. The Labute approximate surface area is 134 Å². The van der Waals surface area contributed by atoms with Gasteiger partial charge in [0.1, 0.15) is 5.69 Å². The number of anilines is 1. The molecule has 0 bridgehead atoms. The number of aliphatic carboxylic acids is 1. The standard InChI is InChI=1S/C14H13F3N4O3/c1-13(2,12(23)24)21-7-8(6-19-21)20-11(22)10-9(14(15,16)17)4-3-5-18-10/h3-7H,1-2H3,(H,20,22)(H,23,24). The Hall–Kier alpha value is -2.91. The van der Waals surface area contributed by atoms with Crippen molar-refractivity contribution in [2.45, 2.75) is 25.6 Å². The first-order chi connectivity index (χ1) is 11.0. The second kappa shape index (κ2) is 5.95. The summed E-state index contributed by atoms with van der Waals surface area (Å²) < 4.78 is 39.8. The molecule has 0 radical (unpaired) electrons. The van der Waals surface area contributed by atoms with Gasteiger partial charge >= 0.3 is 12.1 Å². The van der Waals surface area contributed by atoms with Crippen molar-refractivity contribution in [3.8, 4) is 0 Å². The Balaban J connectivity index is 2.27. The molecule has 2 aromatic heterocycles. The van der Waals surface area contributed by atoms with E-state index in [1.807, 2.05) is 0 Å². The van der Waals surface area contributed by atoms with E-state index in [4.69, 9.17) is 5.11 Å². The fourth-order valence-corrected chi connectivity index (χ4v) is 1.80. The third-order valence-electron chi connectivity index (χ3n) is 3.26. The highest BCUT2D eigenvalue weighted by Crippen LogP contribution is 2.31. The molecule has 0 unspecified atom stereocenters. The van der Waals surface area contributed by atoms with Crippen LogP contribution in [0, 0.1) is 0 Å². The van der Waals surface area contributed by atoms with E-state index in [0.717, 1.165) is 29.2 Å². The van der Waals surface area contributed by atoms with Crippen LogP contribution in [0.1, 0.15) is 29.9 Å². The number of nitrogens with one attached hydrogen (secondary N) is 1. The van der Waals surface area contributed by atoms with Crippen molar-refractivity contribution in [3.63, 3.8) is 0 Å². The molecule has 2 N–H and O–H groups in total. The minimum atomic E-state index is -4.73. The molecule has 7 nitrogen and oxygen atoms in total. The number of amides is 1. The number of hydrogen-bond acceptors (Lipinski definition) is 4. The minimum absolute atomic E-state index is 0.0492. The van der Waals surface area contributed by atoms with E-state index in [1.54, 1.807) is 0 Å². The monoisotopic (exact) mass is 342 g/mol. The molecule has 0 saturated heterocycles. The van der Waals surface area contributed by atoms with Crippen molar-refractivity contribution < 1.29 is 27.9 Å². The zero-order chi connectivity index (χ0) is 18.1. The second-order valence-electron chi connectivity index (χ2n) is 5.39. The summed E-state index contributed by atoms with van der Waals surface area (Å²) in [5, 5.41) is 15.1. The Kier molecular flexibility index (Phi) is 4.32. The van der Waals surface area contributed by atoms with Crippen molar-refractivity contribution in [1.29, 1.82) is 0 Å². The van der Waals surface area contributed by atoms with Gasteiger partial charge in [-0.25, -0.2) is 4.79 Å². The maximum Gasteiger partial charge on any atom is 0.418 e. The summed E-state index contributed by atoms with van der Waals surface area (Å²) in [5.41, 5.74) is -3.28. The van der Waals surface area contributed by atoms with Crippen LogP contribution >= 0.6 is 0 Å². The number of aromatic nitrogens is 3. The maximum atomic E-state index is 12.9. The van der Waals surface area contributed by atoms with Crippen LogP contribution < -0.4 is 5.32 Å². The van der Waals surface area contributed by atoms with Crippen molar-refractivity contribution in [1.82, 2.24) is 14.8 Å². The van der Waals surface area contributed by atoms with Gasteiger partial charge in [0, 0.05) is 12.4 Å². The van der Waals surface area contributed by atoms with Gasteiger partial charge in [0.05, 0.1) is 17.4 Å². The lowest BCUT2D eigenvalue weighted by atomic mass is 10.1. The predicted molar refractivity (Wildman–Crippen MR) is 76.4 cm³/mol. The zero-order valence-electron chi connectivity index (χ0n) is 12.6. The Morgan fingerprint density at radius 1 is 1.29 bits per heavy atom. The molecule has 24 heavy (non-hydrogen) atoms. The van der Waals surface area contributed by atoms with E-state index in [1.165, 1.54) is 20.0 Å². The molecule has 128 valence electrons. The van der Waals surface area contributed by atoms with Crippen LogP contribution in [0.15, 0.2) is 30.7 Å². The third kappa shape index (κ3) is 3.36. The minimum Gasteiger partial charge on any atom is -0.479 e. The highest BCUT2D eigenvalue weighted by atomic mass is 19.4. The molecular weight excluding hydrogens is 329 g/mol. The second-order valence-corrected chi connectivity index (χ2v) is 5.39. The normalized spacial score (nSPS) is 12.0. The maximum absolute atomic E-state index is 12.9. The van der Waals surface area contributed by atoms with Gasteiger partial charge in [-0.3, -0.25) is 14.5 Å². The molecule has 2 heterocycles. The number of carboxylic acid groups (broad SMARTS) is 1. The van der Waals surface area contributed by atoms with Crippen molar-refractivity contribution >= 4 is 17.6 Å². The van der Waals surface area contributed by atoms with E-state index in [2.05, 4.69) is 15.4 Å². The smallest absolute Gasteiger partial charge is 0.418 e. The first-order valence-electron chi connectivity index (χ1n) is 6.65. The van der Waals surface area contributed by atoms with Crippen LogP contribution in [0.3, 0.4) is 0 Å². The number of rotatable bonds is 4. The molecular formula is C14H13F3N4O3. The van der Waals surface area contributed by atoms with E-state index in [0.29, 0.717) is 0 Å². The van der Waals surface area contributed by atoms with E-state index < -0.39 is 34.8 Å². The number of carbonyl (C=O) groups is 2. The van der Waals surface area contributed by atoms with Crippen LogP contribution in [0.5, 0.6) is 0 Å². The first kappa shape index (κ1) is 17.4. The molecule has 0 aliphatic heterocycles. The largest absolute Gasteiger partial charge is 0.479 e. The first-order valence-corrected chi connectivity index (χ1v) is 6.65. The number of pyridine rings is 1. The number of carbonyl (C=O) groups excluding carboxylic acids is 1. The summed E-state index contributed by atoms with van der Waals surface area (Å²) >= 11 is 0. The molecule has 0 aliphatic rings. The van der Waals surface area contributed by atoms with Gasteiger partial charge < -0.3 is 10.4 Å². The lowest BCUT2D eigenvalue weighted by Crippen LogP contribution is -2.35. The summed E-state index contributed by atoms with van der Waals surface area (Å²) in [6, 6.07) is 1.83. The van der Waals surface area contributed by atoms with E-state index >= 15 is 0 Å². The van der Waals surface area contributed by atoms with Crippen LogP contribution in [0.4, 0.5) is 18.9 Å². The van der Waals surface area contributed by atoms with Gasteiger partial charge in [-0.05, 0) is 26.0 Å². The fraction of sp³-hybridized carbons (Fsp3) is 0.286. The van der Waals surface area contributed by atoms with Crippen LogP contribution in [-0.2, 0) is 16.5 Å². The Bertz CT molecular complexity index is 784. The molecule has 0 aliphatic carbocycles. The zero-order valence-corrected chi connectivity index (χ0v) is 12.6. The predicted octanol–water partition coefficient (Wildman–Crippen LogP) is 2.37. The molecule has 1 amide bonds. The highest BCUT2D eigenvalue weighted by Gasteiger charge is 2.36. The quantitative estimate of drug-likeness (QED) is 0.889. The van der Waals surface area contributed by atoms with Crippen LogP contribution in [0.2, 0.25) is 0 Å². The van der Waals surface area contributed by atoms with Gasteiger partial charge in [0.15, 0.2) is 5.54 Å². The lowest BCUT2D eigenvalue weighted by molar-refractivity contribution is -0.146. The van der Waals surface area contributed by atoms with Crippen LogP contribution in [0.25, 0.3) is 0 Å². The van der Waals surface area contributed by atoms with Gasteiger partial charge in [0.25, 0.3) is 5.91 Å². The number of carboxylic acids is 1. The third-order valence-corrected chi connectivity index (χ3v) is 3.26. The summed E-state index contributed by atoms with van der Waals surface area (Å²) in [5.74, 6) is -2.23. The molecule has 0 saturated carbocycles. The number of alkyl halides is 3. The number of halogens is 3. The van der Waals surface area contributed by atoms with Gasteiger partial charge in [-0.1, -0.05) is 0 Å². The van der Waals surface area contributed by atoms with Crippen molar-refractivity contribution in [3.05, 3.63) is 42.0 Å². The fourth-order valence-electron chi connectivity index (χ4n) is 1.80. The average molecular weight is 342 g/mol. The van der Waals surface area contributed by atoms with Gasteiger partial charge in [0.2, 0.25) is 0 Å². The molecule has 0 spiro atoms. The number of nitrogens with zero attached hydrogens (tertiary/aromatic N) is 3. The van der Waals surface area contributed by atoms with Crippen LogP contribution in [-0.4, -0.2) is 31.7 Å². The van der Waals surface area contributed by atoms with Gasteiger partial charge in [-0.15, -0.1) is 0 Å². The lowest BCUT2D eigenvalue weighted by Gasteiger charge is -2.19. The van der Waals surface area contributed by atoms with E-state index in [-0.39, 0.29) is 5.69 Å². The van der Waals surface area contributed by atoms with Gasteiger partial charge in [-0.2, -0.15) is 18.3 Å². The number of hydrogen-bond donors (Lipinski definition) is 2. The molecule has 2 aromatic rings. The van der Waals surface area contributed by atoms with E-state index in [9.17, 15) is 22.8 Å². The molecule has 10 heteroatoms. The SMILES string of the molecule is CC(C)(C(=O)O)n1cc(NC(=O)c2ncccc2C(F)(F)F)cn1.